The van der Waals surface area contributed by atoms with E-state index in [1.807, 2.05) is 26.0 Å². The van der Waals surface area contributed by atoms with Crippen molar-refractivity contribution in [3.63, 3.8) is 0 Å². The van der Waals surface area contributed by atoms with Gasteiger partial charge in [0.25, 0.3) is 5.09 Å². The van der Waals surface area contributed by atoms with E-state index >= 15 is 0 Å². The van der Waals surface area contributed by atoms with E-state index in [2.05, 4.69) is 19.2 Å². The first kappa shape index (κ1) is 84.6. The molecule has 2 atom stereocenters. The Labute approximate surface area is 554 Å². The van der Waals surface area contributed by atoms with Crippen LogP contribution in [-0.4, -0.2) is 199 Å². The van der Waals surface area contributed by atoms with Crippen LogP contribution in [0.5, 0.6) is 11.5 Å². The monoisotopic (exact) mass is 1500 g/mol. The van der Waals surface area contributed by atoms with Crippen molar-refractivity contribution < 1.29 is 131 Å². The fourth-order valence-electron chi connectivity index (χ4n) is 9.01. The molecule has 511 valence electrons. The molecule has 4 heterocycles. The molecule has 1 radical (unpaired) electrons. The average Bonchev–Trinajstić information content (AvgIpc) is 1.69. The summed E-state index contributed by atoms with van der Waals surface area (Å²) in [5.41, 5.74) is 26.2. The van der Waals surface area contributed by atoms with Crippen LogP contribution in [-0.2, 0) is 98.6 Å². The Morgan fingerprint density at radius 2 is 1.03 bits per heavy atom. The van der Waals surface area contributed by atoms with Gasteiger partial charge in [-0.3, -0.25) is 19.6 Å². The zero-order valence-electron chi connectivity index (χ0n) is 52.3. The molecule has 31 heteroatoms. The second-order valence-electron chi connectivity index (χ2n) is 19.8. The molecule has 1 aromatic carbocycles. The van der Waals surface area contributed by atoms with Gasteiger partial charge in [-0.25, -0.2) is 19.6 Å². The number of fused-ring (bicyclic) bond motifs is 7. The number of carbonyl (C=O) groups is 4. The Hall–Kier alpha value is -6.37. The molecule has 0 saturated heterocycles. The summed E-state index contributed by atoms with van der Waals surface area (Å²) in [7, 11) is 3.25. The van der Waals surface area contributed by atoms with E-state index in [0.717, 1.165) is 81.5 Å². The third-order valence-electron chi connectivity index (χ3n) is 13.5. The first-order valence-corrected chi connectivity index (χ1v) is 29.1. The van der Waals surface area contributed by atoms with Gasteiger partial charge in [0, 0.05) is 63.0 Å². The van der Waals surface area contributed by atoms with Crippen LogP contribution >= 0.6 is 0 Å². The van der Waals surface area contributed by atoms with Crippen LogP contribution in [0.15, 0.2) is 36.7 Å². The van der Waals surface area contributed by atoms with Crippen LogP contribution in [0.2, 0.25) is 0 Å². The number of nitrogens with zero attached hydrogens (tertiary/aromatic N) is 6. The summed E-state index contributed by atoms with van der Waals surface area (Å²) in [4.78, 5) is 75.5. The van der Waals surface area contributed by atoms with Crippen molar-refractivity contribution in [3.8, 4) is 11.5 Å². The van der Waals surface area contributed by atoms with E-state index in [1.165, 1.54) is 12.8 Å². The Morgan fingerprint density at radius 3 is 1.38 bits per heavy atom. The maximum atomic E-state index is 12.4. The van der Waals surface area contributed by atoms with Crippen LogP contribution in [0.25, 0.3) is 55.8 Å². The van der Waals surface area contributed by atoms with Crippen LogP contribution in [0.3, 0.4) is 0 Å². The maximum Gasteiger partial charge on any atom is 2.00 e. The van der Waals surface area contributed by atoms with Crippen LogP contribution in [0, 0.1) is 10.1 Å². The largest absolute Gasteiger partial charge is 2.00 e. The molecular weight excluding hydrogens is 1420 g/mol. The van der Waals surface area contributed by atoms with Gasteiger partial charge in [0.15, 0.2) is 11.5 Å². The molecule has 91 heavy (non-hydrogen) atoms. The minimum atomic E-state index is -1.82. The third-order valence-corrected chi connectivity index (χ3v) is 13.5. The zero-order chi connectivity index (χ0) is 64.8. The van der Waals surface area contributed by atoms with Crippen LogP contribution in [0.4, 0.5) is 0 Å². The fraction of sp³-hybridized carbons (Fsp3) is 0.567. The zero-order valence-corrected chi connectivity index (χ0v) is 55.8. The third kappa shape index (κ3) is 31.7. The number of benzene rings is 1. The van der Waals surface area contributed by atoms with Crippen molar-refractivity contribution >= 4 is 68.2 Å². The predicted octanol–water partition coefficient (Wildman–Crippen LogP) is 6.98. The second-order valence-corrected chi connectivity index (χ2v) is 19.8. The Balaban J connectivity index is 0.00000334. The summed E-state index contributed by atoms with van der Waals surface area (Å²) in [6.07, 6.45) is 11.3. The van der Waals surface area contributed by atoms with Gasteiger partial charge in [-0.05, 0) is 74.7 Å². The molecule has 29 nitrogen and oxygen atoms in total. The molecule has 0 spiro atoms. The molecule has 3 aliphatic rings. The number of hydrogen-bond acceptors (Lipinski definition) is 19. The number of aliphatic carboxylic acids is 3. The topological polar surface area (TPSA) is 443 Å². The number of methoxy groups -OCH3 is 2. The number of nitrogens with one attached hydrogen (secondary N) is 3. The molecule has 1 aliphatic carbocycles. The maximum absolute atomic E-state index is 12.4. The number of ether oxygens (including phenoxy) is 8. The summed E-state index contributed by atoms with van der Waals surface area (Å²) >= 11 is 0. The molecule has 2 aliphatic heterocycles. The SMILES string of the molecule is CCc1c(CC)c2cc3nc(cnc4cc(OCCOCCOCCOC)c(OCCOCCOCCOC)cc4ncc4nc(cc1[n-]2)C(CCCO)=C4C)C(C)=C3CCCNC(=O)CCC(=O)O.O.O=C(O)C(=O)O.O=[N+]([O-])O.[Mn].[NH-]C1CCCCC1[NH-].[Pt+2]. The summed E-state index contributed by atoms with van der Waals surface area (Å²) < 4.78 is 45.3. The number of aryl methyl sites for hydroxylation is 2. The molecule has 1 amide bonds. The van der Waals surface area contributed by atoms with Crippen LogP contribution in [0.1, 0.15) is 126 Å². The van der Waals surface area contributed by atoms with Gasteiger partial charge in [-0.2, -0.15) is 12.1 Å². The standard InChI is InChI=1S/C52H72N6O12.C6H12N2.C2H2O4.Mn.HNO3.H2O.Pt/c1-7-37-38(8-2)42-30-44-40(12-10-16-59)36(4)48(58-44)34-55-46-32-50(70-28-26-68-24-22-66-20-18-64-6)49(69-27-25-67-23-21-65-19-17-63-5)31-45(46)54-33-47-35(3)39(43(57-47)29-41(37)56-42)11-9-15-53-51(60)13-14-52(61)62;7-5-3-1-2-4-6(5)8;3-1(4)2(5)6;;2-1(3)4;;/h29-34,59H,7-28H2,1-6H3,(H3,53,54,55,56,57,58,60,61,62);5-8H,1-4H2;(H,3,4)(H,5,6);;(H,2,3,4);1H2;/q;-2;;;;;+2/p-1. The van der Waals surface area contributed by atoms with Gasteiger partial charge in [0.1, 0.15) is 13.2 Å². The van der Waals surface area contributed by atoms with Gasteiger partial charge < -0.3 is 90.8 Å². The van der Waals surface area contributed by atoms with Gasteiger partial charge in [0.2, 0.25) is 5.91 Å². The van der Waals surface area contributed by atoms with E-state index in [9.17, 15) is 14.7 Å². The van der Waals surface area contributed by atoms with Gasteiger partial charge >= 0.3 is 39.0 Å². The predicted molar refractivity (Wildman–Crippen MR) is 330 cm³/mol. The van der Waals surface area contributed by atoms with Crippen molar-refractivity contribution in [2.45, 2.75) is 117 Å². The number of carboxylic acid groups (broad SMARTS) is 3. The molecule has 2 unspecified atom stereocenters. The fourth-order valence-corrected chi connectivity index (χ4v) is 9.01. The molecule has 6 bridgehead atoms. The van der Waals surface area contributed by atoms with Crippen molar-refractivity contribution in [3.05, 3.63) is 92.1 Å². The Bertz CT molecular complexity index is 2970. The molecular formula is C60H88MnN9O20Pt-. The molecule has 3 aromatic rings. The summed E-state index contributed by atoms with van der Waals surface area (Å²) in [5.74, 6) is -4.11. The number of allylic oxidation sites excluding steroid dienone is 4. The van der Waals surface area contributed by atoms with Crippen molar-refractivity contribution in [2.75, 3.05) is 107 Å². The van der Waals surface area contributed by atoms with Crippen molar-refractivity contribution in [1.29, 1.82) is 0 Å². The van der Waals surface area contributed by atoms with Gasteiger partial charge in [-0.1, -0.05) is 62.8 Å². The number of carboxylic acids is 3. The number of aromatic nitrogens is 5. The van der Waals surface area contributed by atoms with E-state index in [0.29, 0.717) is 132 Å². The van der Waals surface area contributed by atoms with Crippen LogP contribution < -0.4 is 19.8 Å². The van der Waals surface area contributed by atoms with E-state index in [1.54, 1.807) is 38.7 Å². The minimum absolute atomic E-state index is 0. The molecule has 1 fully saturated rings. The number of hydrogen-bond donors (Lipinski definition) is 6. The molecule has 2 aromatic heterocycles. The van der Waals surface area contributed by atoms with Crippen molar-refractivity contribution in [1.82, 2.24) is 30.2 Å². The number of rotatable bonds is 32. The summed E-state index contributed by atoms with van der Waals surface area (Å²) in [6.45, 7) is 13.3. The Kier molecular flexibility index (Phi) is 45.0. The molecule has 10 N–H and O–H groups in total. The number of aliphatic hydroxyl groups is 1. The smallest absolute Gasteiger partial charge is 0.676 e. The number of carbonyl (C=O) groups excluding carboxylic acids is 1. The quantitative estimate of drug-likeness (QED) is 0.0121. The minimum Gasteiger partial charge on any atom is -0.676 e. The van der Waals surface area contributed by atoms with Gasteiger partial charge in [0.05, 0.1) is 119 Å². The number of amides is 1. The van der Waals surface area contributed by atoms with E-state index in [-0.39, 0.29) is 94.3 Å². The number of aliphatic hydroxyl groups excluding tert-OH is 1. The van der Waals surface area contributed by atoms with E-state index in [4.69, 9.17) is 115 Å². The molecule has 1 saturated carbocycles. The summed E-state index contributed by atoms with van der Waals surface area (Å²) in [6, 6.07) is 7.51. The average molecular weight is 1510 g/mol. The van der Waals surface area contributed by atoms with Gasteiger partial charge in [-0.15, -0.1) is 21.1 Å². The first-order valence-electron chi connectivity index (χ1n) is 29.1. The Morgan fingerprint density at radius 1 is 0.648 bits per heavy atom. The summed E-state index contributed by atoms with van der Waals surface area (Å²) in [5, 5.41) is 50.2. The normalized spacial score (nSPS) is 13.8. The van der Waals surface area contributed by atoms with E-state index < -0.39 is 23.0 Å². The molecule has 6 rings (SSSR count). The second kappa shape index (κ2) is 48.4. The van der Waals surface area contributed by atoms with Crippen molar-refractivity contribution in [2.24, 2.45) is 0 Å². The first-order chi connectivity index (χ1) is 42.3.